The van der Waals surface area contributed by atoms with Crippen LogP contribution in [0.3, 0.4) is 0 Å². The maximum atomic E-state index is 13.7. The predicted octanol–water partition coefficient (Wildman–Crippen LogP) is 4.03. The lowest BCUT2D eigenvalue weighted by molar-refractivity contribution is 0.357. The van der Waals surface area contributed by atoms with E-state index in [0.29, 0.717) is 12.2 Å². The van der Waals surface area contributed by atoms with Gasteiger partial charge in [0.25, 0.3) is 0 Å². The van der Waals surface area contributed by atoms with Crippen LogP contribution in [0, 0.1) is 5.82 Å². The van der Waals surface area contributed by atoms with E-state index in [-0.39, 0.29) is 5.02 Å². The molecule has 0 unspecified atom stereocenters. The Morgan fingerprint density at radius 1 is 1.26 bits per heavy atom. The van der Waals surface area contributed by atoms with Crippen molar-refractivity contribution in [3.63, 3.8) is 0 Å². The van der Waals surface area contributed by atoms with Gasteiger partial charge in [-0.1, -0.05) is 29.8 Å². The molecule has 98 valence electrons. The monoisotopic (exact) mass is 277 g/mol. The molecule has 0 bridgehead atoms. The van der Waals surface area contributed by atoms with Gasteiger partial charge in [-0.15, -0.1) is 0 Å². The molecule has 0 fully saturated rings. The summed E-state index contributed by atoms with van der Waals surface area (Å²) in [5, 5.41) is 3.19. The smallest absolute Gasteiger partial charge is 0.164 e. The molecule has 0 radical (unpaired) electrons. The molecule has 2 nitrogen and oxygen atoms in total. The van der Waals surface area contributed by atoms with E-state index in [9.17, 15) is 4.39 Å². The highest BCUT2D eigenvalue weighted by molar-refractivity contribution is 6.31. The fourth-order valence-electron chi connectivity index (χ4n) is 2.19. The van der Waals surface area contributed by atoms with Crippen molar-refractivity contribution < 1.29 is 9.13 Å². The molecule has 0 atom stereocenters. The SMILES string of the molecule is Fc1c(Cl)cccc1NCc1ccc2c(c1)CCO2. The van der Waals surface area contributed by atoms with E-state index in [1.54, 1.807) is 12.1 Å². The average molecular weight is 278 g/mol. The van der Waals surface area contributed by atoms with Gasteiger partial charge in [-0.25, -0.2) is 4.39 Å². The number of ether oxygens (including phenoxy) is 1. The van der Waals surface area contributed by atoms with Gasteiger partial charge in [0.05, 0.1) is 17.3 Å². The number of nitrogens with one attached hydrogen (secondary N) is 1. The van der Waals surface area contributed by atoms with Crippen LogP contribution in [0.15, 0.2) is 36.4 Å². The molecule has 4 heteroatoms. The van der Waals surface area contributed by atoms with Crippen molar-refractivity contribution in [1.29, 1.82) is 0 Å². The summed E-state index contributed by atoms with van der Waals surface area (Å²) in [7, 11) is 0. The van der Waals surface area contributed by atoms with Crippen LogP contribution in [0.2, 0.25) is 5.02 Å². The largest absolute Gasteiger partial charge is 0.493 e. The van der Waals surface area contributed by atoms with Crippen molar-refractivity contribution in [2.45, 2.75) is 13.0 Å². The second kappa shape index (κ2) is 5.10. The van der Waals surface area contributed by atoms with Crippen molar-refractivity contribution in [2.24, 2.45) is 0 Å². The number of rotatable bonds is 3. The second-order valence-electron chi connectivity index (χ2n) is 4.50. The van der Waals surface area contributed by atoms with Crippen molar-refractivity contribution in [3.8, 4) is 5.75 Å². The van der Waals surface area contributed by atoms with Crippen LogP contribution in [-0.2, 0) is 13.0 Å². The third kappa shape index (κ3) is 2.51. The van der Waals surface area contributed by atoms with E-state index < -0.39 is 5.82 Å². The summed E-state index contributed by atoms with van der Waals surface area (Å²) in [5.41, 5.74) is 2.73. The molecule has 0 aromatic heterocycles. The molecule has 19 heavy (non-hydrogen) atoms. The maximum Gasteiger partial charge on any atom is 0.164 e. The first kappa shape index (κ1) is 12.3. The van der Waals surface area contributed by atoms with Crippen LogP contribution in [0.5, 0.6) is 5.75 Å². The lowest BCUT2D eigenvalue weighted by atomic mass is 10.1. The summed E-state index contributed by atoms with van der Waals surface area (Å²) in [4.78, 5) is 0. The Hall–Kier alpha value is -1.74. The molecule has 1 heterocycles. The average Bonchev–Trinajstić information content (AvgIpc) is 2.88. The molecule has 1 N–H and O–H groups in total. The van der Waals surface area contributed by atoms with Gasteiger partial charge >= 0.3 is 0 Å². The normalized spacial score (nSPS) is 12.9. The topological polar surface area (TPSA) is 21.3 Å². The summed E-state index contributed by atoms with van der Waals surface area (Å²) < 4.78 is 19.2. The highest BCUT2D eigenvalue weighted by atomic mass is 35.5. The number of hydrogen-bond donors (Lipinski definition) is 1. The van der Waals surface area contributed by atoms with Crippen molar-refractivity contribution >= 4 is 17.3 Å². The predicted molar refractivity (Wildman–Crippen MR) is 74.4 cm³/mol. The number of anilines is 1. The minimum Gasteiger partial charge on any atom is -0.493 e. The van der Waals surface area contributed by atoms with Crippen LogP contribution in [0.25, 0.3) is 0 Å². The summed E-state index contributed by atoms with van der Waals surface area (Å²) in [6.07, 6.45) is 0.939. The first-order chi connectivity index (χ1) is 9.24. The summed E-state index contributed by atoms with van der Waals surface area (Å²) in [5.74, 6) is 0.548. The van der Waals surface area contributed by atoms with E-state index in [1.807, 2.05) is 12.1 Å². The first-order valence-electron chi connectivity index (χ1n) is 6.16. The fraction of sp³-hybridized carbons (Fsp3) is 0.200. The fourth-order valence-corrected chi connectivity index (χ4v) is 2.36. The van der Waals surface area contributed by atoms with Gasteiger partial charge in [0, 0.05) is 13.0 Å². The van der Waals surface area contributed by atoms with E-state index in [2.05, 4.69) is 11.4 Å². The quantitative estimate of drug-likeness (QED) is 0.915. The first-order valence-corrected chi connectivity index (χ1v) is 6.54. The number of fused-ring (bicyclic) bond motifs is 1. The van der Waals surface area contributed by atoms with E-state index in [0.717, 1.165) is 24.3 Å². The van der Waals surface area contributed by atoms with Gasteiger partial charge in [0.15, 0.2) is 5.82 Å². The maximum absolute atomic E-state index is 13.7. The van der Waals surface area contributed by atoms with Crippen LogP contribution in [-0.4, -0.2) is 6.61 Å². The van der Waals surface area contributed by atoms with Crippen LogP contribution in [0.4, 0.5) is 10.1 Å². The Balaban J connectivity index is 1.74. The van der Waals surface area contributed by atoms with Gasteiger partial charge in [-0.05, 0) is 29.3 Å². The van der Waals surface area contributed by atoms with Crippen molar-refractivity contribution in [3.05, 3.63) is 58.4 Å². The van der Waals surface area contributed by atoms with Gasteiger partial charge < -0.3 is 10.1 Å². The van der Waals surface area contributed by atoms with E-state index in [1.165, 1.54) is 11.6 Å². The molecular formula is C15H13ClFNO. The van der Waals surface area contributed by atoms with Crippen LogP contribution < -0.4 is 10.1 Å². The summed E-state index contributed by atoms with van der Waals surface area (Å²) in [6, 6.07) is 11.0. The van der Waals surface area contributed by atoms with E-state index >= 15 is 0 Å². The molecule has 0 spiro atoms. The van der Waals surface area contributed by atoms with Gasteiger partial charge in [-0.3, -0.25) is 0 Å². The zero-order chi connectivity index (χ0) is 13.2. The molecule has 0 saturated heterocycles. The van der Waals surface area contributed by atoms with Crippen LogP contribution >= 0.6 is 11.6 Å². The molecule has 0 amide bonds. The van der Waals surface area contributed by atoms with Crippen molar-refractivity contribution in [2.75, 3.05) is 11.9 Å². The van der Waals surface area contributed by atoms with Gasteiger partial charge in [0.1, 0.15) is 5.75 Å². The number of hydrogen-bond acceptors (Lipinski definition) is 2. The minimum absolute atomic E-state index is 0.132. The molecule has 1 aliphatic rings. The minimum atomic E-state index is -0.409. The highest BCUT2D eigenvalue weighted by Gasteiger charge is 2.12. The third-order valence-corrected chi connectivity index (χ3v) is 3.48. The zero-order valence-electron chi connectivity index (χ0n) is 10.2. The van der Waals surface area contributed by atoms with Gasteiger partial charge in [-0.2, -0.15) is 0 Å². The summed E-state index contributed by atoms with van der Waals surface area (Å²) in [6.45, 7) is 1.31. The summed E-state index contributed by atoms with van der Waals surface area (Å²) >= 11 is 5.74. The Kier molecular flexibility index (Phi) is 3.30. The molecular weight excluding hydrogens is 265 g/mol. The zero-order valence-corrected chi connectivity index (χ0v) is 11.0. The van der Waals surface area contributed by atoms with Gasteiger partial charge in [0.2, 0.25) is 0 Å². The molecule has 0 saturated carbocycles. The molecule has 0 aliphatic carbocycles. The number of benzene rings is 2. The Labute approximate surface area is 116 Å². The Bertz CT molecular complexity index is 615. The number of halogens is 2. The standard InChI is InChI=1S/C15H13ClFNO/c16-12-2-1-3-13(15(12)17)18-9-10-4-5-14-11(8-10)6-7-19-14/h1-5,8,18H,6-7,9H2. The lowest BCUT2D eigenvalue weighted by Gasteiger charge is -2.09. The van der Waals surface area contributed by atoms with Crippen LogP contribution in [0.1, 0.15) is 11.1 Å². The highest BCUT2D eigenvalue weighted by Crippen LogP contribution is 2.27. The Morgan fingerprint density at radius 3 is 3.05 bits per heavy atom. The molecule has 3 rings (SSSR count). The molecule has 2 aromatic carbocycles. The Morgan fingerprint density at radius 2 is 2.16 bits per heavy atom. The molecule has 2 aromatic rings. The van der Waals surface area contributed by atoms with E-state index in [4.69, 9.17) is 16.3 Å². The van der Waals surface area contributed by atoms with Crippen molar-refractivity contribution in [1.82, 2.24) is 0 Å². The third-order valence-electron chi connectivity index (χ3n) is 3.19. The lowest BCUT2D eigenvalue weighted by Crippen LogP contribution is -2.02. The molecule has 1 aliphatic heterocycles. The second-order valence-corrected chi connectivity index (χ2v) is 4.90.